The van der Waals surface area contributed by atoms with Crippen LogP contribution in [-0.2, 0) is 4.79 Å². The largest absolute Gasteiger partial charge is 0.457 e. The molecule has 190 valence electrons. The van der Waals surface area contributed by atoms with Crippen molar-refractivity contribution in [3.8, 4) is 11.5 Å². The fourth-order valence-electron chi connectivity index (χ4n) is 4.42. The van der Waals surface area contributed by atoms with E-state index in [1.807, 2.05) is 18.2 Å². The topological polar surface area (TPSA) is 105 Å². The predicted octanol–water partition coefficient (Wildman–Crippen LogP) is 4.96. The average Bonchev–Trinajstić information content (AvgIpc) is 3.58. The molecule has 1 aliphatic heterocycles. The van der Waals surface area contributed by atoms with Gasteiger partial charge >= 0.3 is 0 Å². The van der Waals surface area contributed by atoms with Gasteiger partial charge in [-0.05, 0) is 30.7 Å². The molecule has 2 aromatic heterocycles. The second-order valence-corrected chi connectivity index (χ2v) is 8.70. The monoisotopic (exact) mass is 510 g/mol. The molecule has 1 fully saturated rings. The van der Waals surface area contributed by atoms with Gasteiger partial charge in [-0.3, -0.25) is 9.59 Å². The van der Waals surface area contributed by atoms with Gasteiger partial charge in [-0.25, -0.2) is 19.2 Å². The summed E-state index contributed by atoms with van der Waals surface area (Å²) in [6.07, 6.45) is 4.98. The van der Waals surface area contributed by atoms with Crippen LogP contribution in [0.25, 0.3) is 15.9 Å². The van der Waals surface area contributed by atoms with E-state index < -0.39 is 11.6 Å². The van der Waals surface area contributed by atoms with Crippen LogP contribution in [-0.4, -0.2) is 50.7 Å². The zero-order valence-electron chi connectivity index (χ0n) is 20.4. The second kappa shape index (κ2) is 10.5. The third-order valence-corrected chi connectivity index (χ3v) is 6.31. The number of para-hydroxylation sites is 1. The number of hydrogen-bond donors (Lipinski definition) is 2. The molecule has 0 aliphatic carbocycles. The number of anilines is 1. The molecule has 1 aliphatic rings. The number of ether oxygens (including phenoxy) is 1. The molecule has 9 nitrogen and oxygen atoms in total. The van der Waals surface area contributed by atoms with Crippen LogP contribution in [0.1, 0.15) is 29.3 Å². The SMILES string of the molecule is [C-]#[N+]/C(=C\C)C(=O)N1CCC(Nc2ncnc3[nH]cc(C(=O)c4ccc(Oc5ccccc5)cc4F)c23)C1. The van der Waals surface area contributed by atoms with E-state index in [1.165, 1.54) is 30.7 Å². The van der Waals surface area contributed by atoms with Gasteiger partial charge in [0.2, 0.25) is 5.70 Å². The number of fused-ring (bicyclic) bond motifs is 1. The number of amides is 1. The molecule has 38 heavy (non-hydrogen) atoms. The summed E-state index contributed by atoms with van der Waals surface area (Å²) in [5.74, 6) is -0.329. The number of nitrogens with one attached hydrogen (secondary N) is 2. The lowest BCUT2D eigenvalue weighted by atomic mass is 10.0. The third kappa shape index (κ3) is 4.82. The minimum absolute atomic E-state index is 0.0795. The molecular weight excluding hydrogens is 487 g/mol. The highest BCUT2D eigenvalue weighted by Gasteiger charge is 2.29. The molecule has 1 unspecified atom stereocenters. The Hall–Kier alpha value is -5.04. The number of nitrogens with zero attached hydrogens (tertiary/aromatic N) is 4. The summed E-state index contributed by atoms with van der Waals surface area (Å²) >= 11 is 0. The van der Waals surface area contributed by atoms with Gasteiger partial charge in [0.1, 0.15) is 35.1 Å². The molecule has 1 amide bonds. The van der Waals surface area contributed by atoms with E-state index in [-0.39, 0.29) is 34.5 Å². The number of hydrogen-bond acceptors (Lipinski definition) is 6. The smallest absolute Gasteiger partial charge is 0.252 e. The van der Waals surface area contributed by atoms with Crippen LogP contribution in [0.5, 0.6) is 11.5 Å². The Bertz CT molecular complexity index is 1590. The first kappa shape index (κ1) is 24.6. The molecule has 1 saturated heterocycles. The van der Waals surface area contributed by atoms with Gasteiger partial charge in [-0.15, -0.1) is 0 Å². The van der Waals surface area contributed by atoms with Gasteiger partial charge in [-0.1, -0.05) is 31.2 Å². The maximum Gasteiger partial charge on any atom is 0.252 e. The van der Waals surface area contributed by atoms with E-state index in [0.717, 1.165) is 0 Å². The minimum atomic E-state index is -0.714. The number of aromatic amines is 1. The van der Waals surface area contributed by atoms with Crippen LogP contribution >= 0.6 is 0 Å². The van der Waals surface area contributed by atoms with E-state index in [2.05, 4.69) is 25.1 Å². The molecule has 0 bridgehead atoms. The zero-order chi connectivity index (χ0) is 26.6. The van der Waals surface area contributed by atoms with Gasteiger partial charge in [0, 0.05) is 31.4 Å². The molecular formula is C28H23FN6O3. The number of ketones is 1. The van der Waals surface area contributed by atoms with Crippen molar-refractivity contribution < 1.29 is 18.7 Å². The van der Waals surface area contributed by atoms with Gasteiger partial charge in [-0.2, -0.15) is 0 Å². The van der Waals surface area contributed by atoms with Crippen molar-refractivity contribution in [2.75, 3.05) is 18.4 Å². The number of carbonyl (C=O) groups is 2. The van der Waals surface area contributed by atoms with Crippen molar-refractivity contribution in [2.45, 2.75) is 19.4 Å². The van der Waals surface area contributed by atoms with Gasteiger partial charge in [0.05, 0.1) is 23.1 Å². The standard InChI is InChI=1S/C28H23FN6O3/c1-3-23(30-2)28(37)35-12-11-17(15-35)34-27-24-21(14-31-26(24)32-16-33-27)25(36)20-10-9-19(13-22(20)29)38-18-7-5-4-6-8-18/h3-10,13-14,16-17H,11-12,15H2,1H3,(H2,31,32,33,34)/b23-3-. The quantitative estimate of drug-likeness (QED) is 0.207. The molecule has 2 aromatic carbocycles. The fraction of sp³-hybridized carbons (Fsp3) is 0.179. The molecule has 3 heterocycles. The molecule has 10 heteroatoms. The fourth-order valence-corrected chi connectivity index (χ4v) is 4.42. The summed E-state index contributed by atoms with van der Waals surface area (Å²) in [6, 6.07) is 12.9. The van der Waals surface area contributed by atoms with Gasteiger partial charge < -0.3 is 19.9 Å². The first-order valence-electron chi connectivity index (χ1n) is 12.0. The summed E-state index contributed by atoms with van der Waals surface area (Å²) < 4.78 is 20.7. The lowest BCUT2D eigenvalue weighted by Gasteiger charge is -2.17. The molecule has 0 saturated carbocycles. The summed E-state index contributed by atoms with van der Waals surface area (Å²) in [4.78, 5) is 42.3. The molecule has 5 rings (SSSR count). The number of likely N-dealkylation sites (tertiary alicyclic amines) is 1. The Morgan fingerprint density at radius 2 is 2.00 bits per heavy atom. The number of H-pyrrole nitrogens is 1. The highest BCUT2D eigenvalue weighted by atomic mass is 19.1. The second-order valence-electron chi connectivity index (χ2n) is 8.70. The average molecular weight is 511 g/mol. The highest BCUT2D eigenvalue weighted by Crippen LogP contribution is 2.30. The van der Waals surface area contributed by atoms with Crippen molar-refractivity contribution in [1.29, 1.82) is 0 Å². The van der Waals surface area contributed by atoms with E-state index in [0.29, 0.717) is 42.1 Å². The number of halogens is 1. The van der Waals surface area contributed by atoms with E-state index >= 15 is 4.39 Å². The molecule has 1 atom stereocenters. The molecule has 4 aromatic rings. The van der Waals surface area contributed by atoms with Crippen LogP contribution in [0.15, 0.2) is 72.8 Å². The maximum absolute atomic E-state index is 15.0. The Morgan fingerprint density at radius 3 is 2.74 bits per heavy atom. The number of benzene rings is 2. The highest BCUT2D eigenvalue weighted by molar-refractivity contribution is 6.18. The van der Waals surface area contributed by atoms with Crippen molar-refractivity contribution in [2.24, 2.45) is 0 Å². The predicted molar refractivity (Wildman–Crippen MR) is 139 cm³/mol. The summed E-state index contributed by atoms with van der Waals surface area (Å²) in [5.41, 5.74) is 0.604. The zero-order valence-corrected chi connectivity index (χ0v) is 20.4. The Balaban J connectivity index is 1.38. The first-order valence-corrected chi connectivity index (χ1v) is 12.0. The molecule has 0 spiro atoms. The van der Waals surface area contributed by atoms with Crippen LogP contribution in [0.3, 0.4) is 0 Å². The molecule has 0 radical (unpaired) electrons. The van der Waals surface area contributed by atoms with Crippen molar-refractivity contribution in [1.82, 2.24) is 19.9 Å². The van der Waals surface area contributed by atoms with E-state index in [9.17, 15) is 9.59 Å². The summed E-state index contributed by atoms with van der Waals surface area (Å²) in [7, 11) is 0. The maximum atomic E-state index is 15.0. The Morgan fingerprint density at radius 1 is 1.18 bits per heavy atom. The number of aromatic nitrogens is 3. The van der Waals surface area contributed by atoms with Crippen LogP contribution in [0, 0.1) is 12.4 Å². The first-order chi connectivity index (χ1) is 18.5. The van der Waals surface area contributed by atoms with E-state index in [1.54, 1.807) is 30.0 Å². The third-order valence-electron chi connectivity index (χ3n) is 6.31. The van der Waals surface area contributed by atoms with Crippen molar-refractivity contribution in [3.63, 3.8) is 0 Å². The Labute approximate surface area is 217 Å². The van der Waals surface area contributed by atoms with Gasteiger partial charge in [0.15, 0.2) is 5.78 Å². The van der Waals surface area contributed by atoms with E-state index in [4.69, 9.17) is 11.3 Å². The molecule has 2 N–H and O–H groups in total. The number of rotatable bonds is 7. The Kier molecular flexibility index (Phi) is 6.82. The van der Waals surface area contributed by atoms with Crippen LogP contribution in [0.4, 0.5) is 10.2 Å². The van der Waals surface area contributed by atoms with Gasteiger partial charge in [0.25, 0.3) is 5.91 Å². The minimum Gasteiger partial charge on any atom is -0.457 e. The number of allylic oxidation sites excluding steroid dienone is 1. The van der Waals surface area contributed by atoms with Crippen molar-refractivity contribution >= 4 is 28.5 Å². The lowest BCUT2D eigenvalue weighted by molar-refractivity contribution is -0.125. The van der Waals surface area contributed by atoms with Crippen LogP contribution in [0.2, 0.25) is 0 Å². The van der Waals surface area contributed by atoms with Crippen molar-refractivity contribution in [3.05, 3.63) is 101 Å². The normalized spacial score (nSPS) is 15.3. The summed E-state index contributed by atoms with van der Waals surface area (Å²) in [6.45, 7) is 9.70. The summed E-state index contributed by atoms with van der Waals surface area (Å²) in [5, 5.41) is 3.73. The number of carbonyl (C=O) groups excluding carboxylic acids is 2. The lowest BCUT2D eigenvalue weighted by Crippen LogP contribution is -2.32. The van der Waals surface area contributed by atoms with Crippen LogP contribution < -0.4 is 10.1 Å².